The molecular formula is C16H16F3N3O. The van der Waals surface area contributed by atoms with Gasteiger partial charge < -0.3 is 10.6 Å². The van der Waals surface area contributed by atoms with E-state index in [2.05, 4.69) is 15.6 Å². The molecule has 122 valence electrons. The molecule has 2 aromatic rings. The van der Waals surface area contributed by atoms with Gasteiger partial charge in [-0.1, -0.05) is 6.92 Å². The normalized spacial score (nSPS) is 11.1. The van der Waals surface area contributed by atoms with Crippen molar-refractivity contribution >= 4 is 17.4 Å². The Morgan fingerprint density at radius 1 is 1.13 bits per heavy atom. The van der Waals surface area contributed by atoms with Gasteiger partial charge in [0.15, 0.2) is 0 Å². The number of alkyl halides is 3. The summed E-state index contributed by atoms with van der Waals surface area (Å²) in [5, 5.41) is 5.69. The van der Waals surface area contributed by atoms with Crippen LogP contribution in [-0.4, -0.2) is 17.4 Å². The number of pyridine rings is 1. The zero-order valence-corrected chi connectivity index (χ0v) is 12.4. The van der Waals surface area contributed by atoms with Crippen LogP contribution in [0.3, 0.4) is 0 Å². The molecule has 2 N–H and O–H groups in total. The zero-order chi connectivity index (χ0) is 16.9. The fourth-order valence-electron chi connectivity index (χ4n) is 1.84. The lowest BCUT2D eigenvalue weighted by Gasteiger charge is -2.09. The summed E-state index contributed by atoms with van der Waals surface area (Å²) in [7, 11) is 0. The van der Waals surface area contributed by atoms with Crippen LogP contribution in [-0.2, 0) is 6.18 Å². The van der Waals surface area contributed by atoms with E-state index in [1.54, 1.807) is 12.1 Å². The van der Waals surface area contributed by atoms with Gasteiger partial charge in [0, 0.05) is 12.1 Å². The topological polar surface area (TPSA) is 54.0 Å². The van der Waals surface area contributed by atoms with Crippen LogP contribution < -0.4 is 10.6 Å². The molecule has 0 aliphatic rings. The maximum absolute atomic E-state index is 12.5. The first kappa shape index (κ1) is 16.8. The summed E-state index contributed by atoms with van der Waals surface area (Å²) in [6, 6.07) is 7.44. The summed E-state index contributed by atoms with van der Waals surface area (Å²) in [6.07, 6.45) is -1.96. The number of nitrogens with one attached hydrogen (secondary N) is 2. The molecule has 0 bridgehead atoms. The number of halogens is 3. The molecular weight excluding hydrogens is 307 g/mol. The summed E-state index contributed by atoms with van der Waals surface area (Å²) >= 11 is 0. The Hall–Kier alpha value is -2.57. The highest BCUT2D eigenvalue weighted by Crippen LogP contribution is 2.29. The Morgan fingerprint density at radius 2 is 1.83 bits per heavy atom. The Balaban J connectivity index is 2.01. The number of amides is 1. The van der Waals surface area contributed by atoms with Gasteiger partial charge in [0.2, 0.25) is 0 Å². The summed E-state index contributed by atoms with van der Waals surface area (Å²) < 4.78 is 37.4. The number of aromatic nitrogens is 1. The largest absolute Gasteiger partial charge is 0.416 e. The van der Waals surface area contributed by atoms with E-state index in [4.69, 9.17) is 0 Å². The Labute approximate surface area is 131 Å². The third kappa shape index (κ3) is 4.70. The second-order valence-electron chi connectivity index (χ2n) is 4.89. The molecule has 0 fully saturated rings. The maximum atomic E-state index is 12.5. The van der Waals surface area contributed by atoms with Crippen molar-refractivity contribution in [3.05, 3.63) is 53.7 Å². The van der Waals surface area contributed by atoms with E-state index in [1.807, 2.05) is 6.92 Å². The highest BCUT2D eigenvalue weighted by Gasteiger charge is 2.30. The number of rotatable bonds is 5. The molecule has 0 atom stereocenters. The molecule has 1 amide bonds. The van der Waals surface area contributed by atoms with Gasteiger partial charge in [-0.15, -0.1) is 0 Å². The lowest BCUT2D eigenvalue weighted by Crippen LogP contribution is -2.13. The van der Waals surface area contributed by atoms with Crippen LogP contribution in [0.1, 0.15) is 29.3 Å². The predicted octanol–water partition coefficient (Wildman–Crippen LogP) is 4.17. The summed E-state index contributed by atoms with van der Waals surface area (Å²) in [4.78, 5) is 16.1. The van der Waals surface area contributed by atoms with E-state index >= 15 is 0 Å². The number of benzene rings is 1. The maximum Gasteiger partial charge on any atom is 0.416 e. The van der Waals surface area contributed by atoms with Gasteiger partial charge in [0.05, 0.1) is 17.4 Å². The lowest BCUT2D eigenvalue weighted by atomic mass is 10.1. The number of hydrogen-bond donors (Lipinski definition) is 2. The first-order valence-electron chi connectivity index (χ1n) is 7.08. The molecule has 1 heterocycles. The number of carbonyl (C=O) groups is 1. The number of hydrogen-bond acceptors (Lipinski definition) is 3. The Kier molecular flexibility index (Phi) is 5.20. The van der Waals surface area contributed by atoms with Gasteiger partial charge in [-0.2, -0.15) is 13.2 Å². The van der Waals surface area contributed by atoms with Crippen molar-refractivity contribution in [2.45, 2.75) is 19.5 Å². The summed E-state index contributed by atoms with van der Waals surface area (Å²) in [5.74, 6) is 0.203. The summed E-state index contributed by atoms with van der Waals surface area (Å²) in [5.41, 5.74) is -0.176. The highest BCUT2D eigenvalue weighted by atomic mass is 19.4. The molecule has 0 unspecified atom stereocenters. The van der Waals surface area contributed by atoms with Gasteiger partial charge in [-0.25, -0.2) is 4.98 Å². The van der Waals surface area contributed by atoms with Crippen LogP contribution in [0.5, 0.6) is 0 Å². The van der Waals surface area contributed by atoms with Gasteiger partial charge in [-0.05, 0) is 42.8 Å². The quantitative estimate of drug-likeness (QED) is 0.868. The Morgan fingerprint density at radius 3 is 2.35 bits per heavy atom. The van der Waals surface area contributed by atoms with E-state index in [0.717, 1.165) is 37.2 Å². The van der Waals surface area contributed by atoms with E-state index < -0.39 is 17.6 Å². The molecule has 2 rings (SSSR count). The minimum absolute atomic E-state index is 0.145. The molecule has 0 radical (unpaired) electrons. The Bertz CT molecular complexity index is 652. The second-order valence-corrected chi connectivity index (χ2v) is 4.89. The number of anilines is 2. The molecule has 0 saturated carbocycles. The fraction of sp³-hybridized carbons (Fsp3) is 0.250. The first-order valence-corrected chi connectivity index (χ1v) is 7.08. The van der Waals surface area contributed by atoms with Gasteiger partial charge in [-0.3, -0.25) is 4.79 Å². The molecule has 1 aromatic heterocycles. The van der Waals surface area contributed by atoms with Crippen LogP contribution >= 0.6 is 0 Å². The van der Waals surface area contributed by atoms with E-state index in [0.29, 0.717) is 11.5 Å². The van der Waals surface area contributed by atoms with Crippen LogP contribution in [0, 0.1) is 0 Å². The number of carbonyl (C=O) groups excluding carboxylic acids is 1. The van der Waals surface area contributed by atoms with Crippen molar-refractivity contribution in [3.8, 4) is 0 Å². The predicted molar refractivity (Wildman–Crippen MR) is 82.4 cm³/mol. The van der Waals surface area contributed by atoms with Gasteiger partial charge in [0.25, 0.3) is 5.91 Å². The molecule has 7 heteroatoms. The average molecular weight is 323 g/mol. The third-order valence-corrected chi connectivity index (χ3v) is 3.05. The fourth-order valence-corrected chi connectivity index (χ4v) is 1.84. The van der Waals surface area contributed by atoms with Crippen LogP contribution in [0.25, 0.3) is 0 Å². The molecule has 0 spiro atoms. The van der Waals surface area contributed by atoms with Crippen LogP contribution in [0.4, 0.5) is 24.7 Å². The molecule has 0 saturated heterocycles. The smallest absolute Gasteiger partial charge is 0.370 e. The van der Waals surface area contributed by atoms with Crippen molar-refractivity contribution < 1.29 is 18.0 Å². The third-order valence-electron chi connectivity index (χ3n) is 3.05. The summed E-state index contributed by atoms with van der Waals surface area (Å²) in [6.45, 7) is 2.83. The van der Waals surface area contributed by atoms with Crippen molar-refractivity contribution in [2.75, 3.05) is 17.2 Å². The average Bonchev–Trinajstić information content (AvgIpc) is 2.53. The molecule has 0 aliphatic heterocycles. The van der Waals surface area contributed by atoms with Gasteiger partial charge in [0.1, 0.15) is 5.82 Å². The highest BCUT2D eigenvalue weighted by molar-refractivity contribution is 6.04. The standard InChI is InChI=1S/C16H16F3N3O/c1-2-9-20-14-8-7-13(10-21-14)22-15(23)11-3-5-12(6-4-11)16(17,18)19/h3-8,10H,2,9H2,1H3,(H,20,21)(H,22,23). The van der Waals surface area contributed by atoms with E-state index in [1.165, 1.54) is 6.20 Å². The molecule has 23 heavy (non-hydrogen) atoms. The molecule has 0 aliphatic carbocycles. The SMILES string of the molecule is CCCNc1ccc(NC(=O)c2ccc(C(F)(F)F)cc2)cn1. The molecule has 4 nitrogen and oxygen atoms in total. The van der Waals surface area contributed by atoms with Crippen LogP contribution in [0.15, 0.2) is 42.6 Å². The lowest BCUT2D eigenvalue weighted by molar-refractivity contribution is -0.137. The second kappa shape index (κ2) is 7.13. The monoisotopic (exact) mass is 323 g/mol. The minimum atomic E-state index is -4.42. The first-order chi connectivity index (χ1) is 10.9. The van der Waals surface area contributed by atoms with Crippen molar-refractivity contribution in [2.24, 2.45) is 0 Å². The van der Waals surface area contributed by atoms with Crippen molar-refractivity contribution in [3.63, 3.8) is 0 Å². The van der Waals surface area contributed by atoms with Crippen molar-refractivity contribution in [1.29, 1.82) is 0 Å². The van der Waals surface area contributed by atoms with Gasteiger partial charge >= 0.3 is 6.18 Å². The van der Waals surface area contributed by atoms with Crippen molar-refractivity contribution in [1.82, 2.24) is 4.98 Å². The molecule has 1 aromatic carbocycles. The minimum Gasteiger partial charge on any atom is -0.370 e. The van der Waals surface area contributed by atoms with E-state index in [-0.39, 0.29) is 5.56 Å². The number of nitrogens with zero attached hydrogens (tertiary/aromatic N) is 1. The zero-order valence-electron chi connectivity index (χ0n) is 12.4. The van der Waals surface area contributed by atoms with E-state index in [9.17, 15) is 18.0 Å². The van der Waals surface area contributed by atoms with Crippen LogP contribution in [0.2, 0.25) is 0 Å².